The molecule has 1 aromatic carbocycles. The van der Waals surface area contributed by atoms with E-state index in [2.05, 4.69) is 25.2 Å². The Morgan fingerprint density at radius 3 is 2.80 bits per heavy atom. The van der Waals surface area contributed by atoms with Crippen molar-refractivity contribution in [3.63, 3.8) is 0 Å². The van der Waals surface area contributed by atoms with E-state index in [1.165, 1.54) is 5.56 Å². The van der Waals surface area contributed by atoms with Crippen LogP contribution in [-0.2, 0) is 4.74 Å². The molecule has 0 aliphatic carbocycles. The minimum atomic E-state index is 0.0558. The van der Waals surface area contributed by atoms with Crippen molar-refractivity contribution >= 4 is 11.4 Å². The van der Waals surface area contributed by atoms with E-state index in [9.17, 15) is 0 Å². The number of hydrogen-bond acceptors (Lipinski definition) is 3. The van der Waals surface area contributed by atoms with Crippen LogP contribution < -0.4 is 11.1 Å². The number of anilines is 2. The normalized spacial score (nSPS) is 25.5. The fourth-order valence-corrected chi connectivity index (χ4v) is 2.00. The number of hydrogen-bond donors (Lipinski definition) is 2. The number of nitrogens with one attached hydrogen (secondary N) is 1. The number of nitrogen functional groups attached to an aromatic ring is 1. The van der Waals surface area contributed by atoms with Crippen LogP contribution in [0.3, 0.4) is 0 Å². The van der Waals surface area contributed by atoms with Gasteiger partial charge in [0.25, 0.3) is 0 Å². The SMILES string of the molecule is Cc1cc(N)cc(NC2(C)CCOC2)c1. The Kier molecular flexibility index (Phi) is 2.57. The van der Waals surface area contributed by atoms with Crippen LogP contribution in [0.1, 0.15) is 18.9 Å². The highest BCUT2D eigenvalue weighted by molar-refractivity contribution is 5.57. The number of benzene rings is 1. The summed E-state index contributed by atoms with van der Waals surface area (Å²) in [5, 5.41) is 3.49. The number of ether oxygens (including phenoxy) is 1. The maximum Gasteiger partial charge on any atom is 0.0694 e. The molecule has 1 unspecified atom stereocenters. The van der Waals surface area contributed by atoms with Gasteiger partial charge in [-0.2, -0.15) is 0 Å². The molecule has 3 N–H and O–H groups in total. The Hall–Kier alpha value is -1.22. The van der Waals surface area contributed by atoms with E-state index >= 15 is 0 Å². The van der Waals surface area contributed by atoms with E-state index in [1.807, 2.05) is 12.1 Å². The largest absolute Gasteiger partial charge is 0.399 e. The molecule has 1 saturated heterocycles. The molecule has 0 bridgehead atoms. The Morgan fingerprint density at radius 2 is 2.20 bits per heavy atom. The highest BCUT2D eigenvalue weighted by atomic mass is 16.5. The molecule has 1 heterocycles. The lowest BCUT2D eigenvalue weighted by Gasteiger charge is -2.25. The molecule has 1 aromatic rings. The molecular weight excluding hydrogens is 188 g/mol. The van der Waals surface area contributed by atoms with Crippen molar-refractivity contribution in [1.82, 2.24) is 0 Å². The van der Waals surface area contributed by atoms with Crippen LogP contribution >= 0.6 is 0 Å². The molecule has 3 nitrogen and oxygen atoms in total. The molecule has 82 valence electrons. The maximum atomic E-state index is 5.81. The van der Waals surface area contributed by atoms with Crippen molar-refractivity contribution in [1.29, 1.82) is 0 Å². The molecule has 1 fully saturated rings. The highest BCUT2D eigenvalue weighted by Crippen LogP contribution is 2.25. The maximum absolute atomic E-state index is 5.81. The van der Waals surface area contributed by atoms with Gasteiger partial charge >= 0.3 is 0 Å². The number of nitrogens with two attached hydrogens (primary N) is 1. The Labute approximate surface area is 90.6 Å². The highest BCUT2D eigenvalue weighted by Gasteiger charge is 2.29. The molecule has 1 aliphatic heterocycles. The molecule has 1 atom stereocenters. The molecule has 2 rings (SSSR count). The van der Waals surface area contributed by atoms with Gasteiger partial charge in [-0.3, -0.25) is 0 Å². The van der Waals surface area contributed by atoms with Crippen LogP contribution in [0.4, 0.5) is 11.4 Å². The van der Waals surface area contributed by atoms with Gasteiger partial charge in [0.05, 0.1) is 12.1 Å². The lowest BCUT2D eigenvalue weighted by Crippen LogP contribution is -2.34. The molecule has 0 spiro atoms. The van der Waals surface area contributed by atoms with Gasteiger partial charge < -0.3 is 15.8 Å². The third kappa shape index (κ3) is 2.42. The number of rotatable bonds is 2. The first-order valence-electron chi connectivity index (χ1n) is 5.31. The lowest BCUT2D eigenvalue weighted by atomic mass is 10.0. The van der Waals surface area contributed by atoms with E-state index in [1.54, 1.807) is 0 Å². The lowest BCUT2D eigenvalue weighted by molar-refractivity contribution is 0.185. The van der Waals surface area contributed by atoms with Gasteiger partial charge in [-0.15, -0.1) is 0 Å². The predicted octanol–water partition coefficient (Wildman–Crippen LogP) is 2.17. The third-order valence-corrected chi connectivity index (χ3v) is 2.76. The zero-order valence-electron chi connectivity index (χ0n) is 9.34. The van der Waals surface area contributed by atoms with Crippen LogP contribution in [0.5, 0.6) is 0 Å². The summed E-state index contributed by atoms with van der Waals surface area (Å²) >= 11 is 0. The fraction of sp³-hybridized carbons (Fsp3) is 0.500. The van der Waals surface area contributed by atoms with Crippen molar-refractivity contribution in [2.24, 2.45) is 0 Å². The van der Waals surface area contributed by atoms with Crippen molar-refractivity contribution in [2.75, 3.05) is 24.3 Å². The van der Waals surface area contributed by atoms with Crippen molar-refractivity contribution in [2.45, 2.75) is 25.8 Å². The average Bonchev–Trinajstić information content (AvgIpc) is 2.49. The monoisotopic (exact) mass is 206 g/mol. The van der Waals surface area contributed by atoms with E-state index in [0.717, 1.165) is 31.0 Å². The number of aryl methyl sites for hydroxylation is 1. The standard InChI is InChI=1S/C12H18N2O/c1-9-5-10(13)7-11(6-9)14-12(2)3-4-15-8-12/h5-7,14H,3-4,8,13H2,1-2H3. The molecule has 0 saturated carbocycles. The second kappa shape index (κ2) is 3.74. The predicted molar refractivity (Wildman–Crippen MR) is 63.1 cm³/mol. The average molecular weight is 206 g/mol. The van der Waals surface area contributed by atoms with Crippen LogP contribution in [0, 0.1) is 6.92 Å². The molecule has 0 amide bonds. The van der Waals surface area contributed by atoms with Gasteiger partial charge in [-0.05, 0) is 44.0 Å². The first-order valence-corrected chi connectivity index (χ1v) is 5.31. The van der Waals surface area contributed by atoms with Crippen LogP contribution in [0.15, 0.2) is 18.2 Å². The molecule has 1 aliphatic rings. The third-order valence-electron chi connectivity index (χ3n) is 2.76. The molecular formula is C12H18N2O. The van der Waals surface area contributed by atoms with Gasteiger partial charge in [-0.25, -0.2) is 0 Å². The van der Waals surface area contributed by atoms with Crippen molar-refractivity contribution < 1.29 is 4.74 Å². The topological polar surface area (TPSA) is 47.3 Å². The van der Waals surface area contributed by atoms with E-state index in [-0.39, 0.29) is 5.54 Å². The summed E-state index contributed by atoms with van der Waals surface area (Å²) in [6.45, 7) is 5.83. The van der Waals surface area contributed by atoms with Gasteiger partial charge in [0.1, 0.15) is 0 Å². The van der Waals surface area contributed by atoms with Gasteiger partial charge in [0.15, 0.2) is 0 Å². The molecule has 0 aromatic heterocycles. The van der Waals surface area contributed by atoms with Gasteiger partial charge in [0.2, 0.25) is 0 Å². The summed E-state index contributed by atoms with van der Waals surface area (Å²) in [5.41, 5.74) is 8.93. The smallest absolute Gasteiger partial charge is 0.0694 e. The summed E-state index contributed by atoms with van der Waals surface area (Å²) in [6.07, 6.45) is 1.04. The summed E-state index contributed by atoms with van der Waals surface area (Å²) < 4.78 is 5.40. The second-order valence-corrected chi connectivity index (χ2v) is 4.62. The van der Waals surface area contributed by atoms with Crippen LogP contribution in [0.2, 0.25) is 0 Å². The summed E-state index contributed by atoms with van der Waals surface area (Å²) in [6, 6.07) is 6.05. The molecule has 15 heavy (non-hydrogen) atoms. The molecule has 3 heteroatoms. The fourth-order valence-electron chi connectivity index (χ4n) is 2.00. The Bertz CT molecular complexity index is 336. The van der Waals surface area contributed by atoms with E-state index in [4.69, 9.17) is 10.5 Å². The molecule has 0 radical (unpaired) electrons. The second-order valence-electron chi connectivity index (χ2n) is 4.62. The van der Waals surface area contributed by atoms with Crippen LogP contribution in [-0.4, -0.2) is 18.8 Å². The minimum Gasteiger partial charge on any atom is -0.399 e. The van der Waals surface area contributed by atoms with Crippen molar-refractivity contribution in [3.05, 3.63) is 23.8 Å². The first-order chi connectivity index (χ1) is 7.07. The summed E-state index contributed by atoms with van der Waals surface area (Å²) in [5.74, 6) is 0. The zero-order chi connectivity index (χ0) is 10.9. The Morgan fingerprint density at radius 1 is 1.40 bits per heavy atom. The Balaban J connectivity index is 2.16. The summed E-state index contributed by atoms with van der Waals surface area (Å²) in [4.78, 5) is 0. The van der Waals surface area contributed by atoms with Gasteiger partial charge in [0, 0.05) is 18.0 Å². The van der Waals surface area contributed by atoms with Gasteiger partial charge in [-0.1, -0.05) is 0 Å². The summed E-state index contributed by atoms with van der Waals surface area (Å²) in [7, 11) is 0. The first kappa shape index (κ1) is 10.3. The van der Waals surface area contributed by atoms with Crippen LogP contribution in [0.25, 0.3) is 0 Å². The quantitative estimate of drug-likeness (QED) is 0.729. The van der Waals surface area contributed by atoms with E-state index < -0.39 is 0 Å². The zero-order valence-corrected chi connectivity index (χ0v) is 9.34. The minimum absolute atomic E-state index is 0.0558. The van der Waals surface area contributed by atoms with E-state index in [0.29, 0.717) is 0 Å². The van der Waals surface area contributed by atoms with Crippen molar-refractivity contribution in [3.8, 4) is 0 Å².